The number of rotatable bonds is 4. The van der Waals surface area contributed by atoms with Crippen LogP contribution in [-0.2, 0) is 4.79 Å². The van der Waals surface area contributed by atoms with Gasteiger partial charge in [0.1, 0.15) is 0 Å². The van der Waals surface area contributed by atoms with Crippen LogP contribution in [0.3, 0.4) is 0 Å². The van der Waals surface area contributed by atoms with Gasteiger partial charge in [0, 0.05) is 25.3 Å². The van der Waals surface area contributed by atoms with Crippen LogP contribution in [0.25, 0.3) is 0 Å². The second-order valence-corrected chi connectivity index (χ2v) is 7.56. The highest BCUT2D eigenvalue weighted by molar-refractivity contribution is 7.80. The van der Waals surface area contributed by atoms with Crippen LogP contribution in [0.2, 0.25) is 0 Å². The van der Waals surface area contributed by atoms with Crippen molar-refractivity contribution in [2.24, 2.45) is 11.8 Å². The first-order chi connectivity index (χ1) is 11.4. The van der Waals surface area contributed by atoms with Crippen LogP contribution in [0.15, 0.2) is 18.2 Å². The van der Waals surface area contributed by atoms with Crippen LogP contribution >= 0.6 is 12.2 Å². The summed E-state index contributed by atoms with van der Waals surface area (Å²) >= 11 is 5.59. The number of piperidine rings is 1. The van der Waals surface area contributed by atoms with Crippen LogP contribution in [-0.4, -0.2) is 35.6 Å². The first kappa shape index (κ1) is 18.7. The van der Waals surface area contributed by atoms with E-state index in [9.17, 15) is 4.79 Å². The van der Waals surface area contributed by atoms with E-state index < -0.39 is 0 Å². The molecule has 1 aliphatic rings. The van der Waals surface area contributed by atoms with Crippen molar-refractivity contribution in [2.75, 3.05) is 25.0 Å². The van der Waals surface area contributed by atoms with Gasteiger partial charge in [-0.2, -0.15) is 0 Å². The van der Waals surface area contributed by atoms with E-state index in [0.29, 0.717) is 17.6 Å². The summed E-state index contributed by atoms with van der Waals surface area (Å²) in [4.78, 5) is 14.5. The van der Waals surface area contributed by atoms with E-state index in [1.54, 1.807) is 0 Å². The van der Waals surface area contributed by atoms with Crippen molar-refractivity contribution < 1.29 is 4.79 Å². The molecule has 0 spiro atoms. The van der Waals surface area contributed by atoms with Crippen LogP contribution in [0.1, 0.15) is 37.8 Å². The lowest BCUT2D eigenvalue weighted by molar-refractivity contribution is -0.126. The number of carbonyl (C=O) groups excluding carboxylic acids is 1. The van der Waals surface area contributed by atoms with Crippen LogP contribution in [0.4, 0.5) is 5.69 Å². The second kappa shape index (κ2) is 8.47. The van der Waals surface area contributed by atoms with Crippen LogP contribution < -0.4 is 10.6 Å². The average molecular weight is 348 g/mol. The van der Waals surface area contributed by atoms with Gasteiger partial charge < -0.3 is 15.5 Å². The Balaban J connectivity index is 1.94. The minimum atomic E-state index is 0.0239. The third-order valence-corrected chi connectivity index (χ3v) is 4.76. The third-order valence-electron chi connectivity index (χ3n) is 4.40. The standard InChI is InChI=1S/C19H29N3OS/c1-13(2)11-20-18(23)16-6-5-9-22(12-16)19(24)21-17-10-14(3)7-8-15(17)4/h7-8,10,13,16H,5-6,9,11-12H2,1-4H3,(H,20,23)(H,21,24). The number of aryl methyl sites for hydroxylation is 2. The third kappa shape index (κ3) is 5.20. The topological polar surface area (TPSA) is 44.4 Å². The fraction of sp³-hybridized carbons (Fsp3) is 0.579. The molecule has 132 valence electrons. The summed E-state index contributed by atoms with van der Waals surface area (Å²) in [7, 11) is 0. The van der Waals surface area contributed by atoms with Crippen molar-refractivity contribution in [2.45, 2.75) is 40.5 Å². The number of nitrogens with zero attached hydrogens (tertiary/aromatic N) is 1. The molecule has 4 nitrogen and oxygen atoms in total. The van der Waals surface area contributed by atoms with Gasteiger partial charge in [0.2, 0.25) is 5.91 Å². The quantitative estimate of drug-likeness (QED) is 0.819. The first-order valence-corrected chi connectivity index (χ1v) is 9.18. The Morgan fingerprint density at radius 3 is 2.83 bits per heavy atom. The molecule has 1 amide bonds. The number of thiocarbonyl (C=S) groups is 1. The molecule has 2 rings (SSSR count). The number of carbonyl (C=O) groups is 1. The molecule has 1 aliphatic heterocycles. The SMILES string of the molecule is Cc1ccc(C)c(NC(=S)N2CCCC(C(=O)NCC(C)C)C2)c1. The Bertz CT molecular complexity index is 600. The highest BCUT2D eigenvalue weighted by Crippen LogP contribution is 2.20. The van der Waals surface area contributed by atoms with E-state index in [0.717, 1.165) is 31.6 Å². The average Bonchev–Trinajstić information content (AvgIpc) is 2.56. The molecule has 1 aromatic rings. The molecule has 1 heterocycles. The van der Waals surface area contributed by atoms with Crippen molar-refractivity contribution >= 4 is 28.9 Å². The van der Waals surface area contributed by atoms with Gasteiger partial charge >= 0.3 is 0 Å². The highest BCUT2D eigenvalue weighted by atomic mass is 32.1. The molecule has 5 heteroatoms. The first-order valence-electron chi connectivity index (χ1n) is 8.77. The predicted octanol–water partition coefficient (Wildman–Crippen LogP) is 3.48. The summed E-state index contributed by atoms with van der Waals surface area (Å²) in [6.07, 6.45) is 1.93. The molecule has 0 bridgehead atoms. The lowest BCUT2D eigenvalue weighted by Crippen LogP contribution is -2.47. The largest absolute Gasteiger partial charge is 0.356 e. The maximum absolute atomic E-state index is 12.3. The van der Waals surface area contributed by atoms with Gasteiger partial charge in [-0.05, 0) is 62.0 Å². The number of benzene rings is 1. The smallest absolute Gasteiger partial charge is 0.224 e. The van der Waals surface area contributed by atoms with Crippen molar-refractivity contribution in [1.29, 1.82) is 0 Å². The lowest BCUT2D eigenvalue weighted by Gasteiger charge is -2.34. The summed E-state index contributed by atoms with van der Waals surface area (Å²) in [5.41, 5.74) is 3.42. The zero-order chi connectivity index (χ0) is 17.7. The van der Waals surface area contributed by atoms with Gasteiger partial charge in [-0.1, -0.05) is 26.0 Å². The van der Waals surface area contributed by atoms with Crippen molar-refractivity contribution in [3.8, 4) is 0 Å². The molecule has 1 atom stereocenters. The predicted molar refractivity (Wildman–Crippen MR) is 104 cm³/mol. The fourth-order valence-corrected chi connectivity index (χ4v) is 3.17. The van der Waals surface area contributed by atoms with E-state index in [1.807, 2.05) is 0 Å². The van der Waals surface area contributed by atoms with Gasteiger partial charge in [0.15, 0.2) is 5.11 Å². The zero-order valence-corrected chi connectivity index (χ0v) is 16.0. The molecule has 24 heavy (non-hydrogen) atoms. The van der Waals surface area contributed by atoms with E-state index in [4.69, 9.17) is 12.2 Å². The van der Waals surface area contributed by atoms with Crippen molar-refractivity contribution in [1.82, 2.24) is 10.2 Å². The van der Waals surface area contributed by atoms with Crippen LogP contribution in [0, 0.1) is 25.7 Å². The summed E-state index contributed by atoms with van der Waals surface area (Å²) < 4.78 is 0. The Kier molecular flexibility index (Phi) is 6.60. The molecule has 1 unspecified atom stereocenters. The minimum Gasteiger partial charge on any atom is -0.356 e. The number of hydrogen-bond donors (Lipinski definition) is 2. The number of likely N-dealkylation sites (tertiary alicyclic amines) is 1. The summed E-state index contributed by atoms with van der Waals surface area (Å²) in [5.74, 6) is 0.652. The molecule has 0 radical (unpaired) electrons. The molecule has 0 aliphatic carbocycles. The molecule has 1 fully saturated rings. The molecule has 0 saturated carbocycles. The Labute approximate surface area is 151 Å². The molecule has 1 saturated heterocycles. The van der Waals surface area contributed by atoms with E-state index in [2.05, 4.69) is 61.4 Å². The van der Waals surface area contributed by atoms with Gasteiger partial charge in [-0.15, -0.1) is 0 Å². The van der Waals surface area contributed by atoms with Crippen LogP contribution in [0.5, 0.6) is 0 Å². The number of nitrogens with one attached hydrogen (secondary N) is 2. The molecular formula is C19H29N3OS. The molecular weight excluding hydrogens is 318 g/mol. The maximum atomic E-state index is 12.3. The summed E-state index contributed by atoms with van der Waals surface area (Å²) in [5, 5.41) is 7.12. The lowest BCUT2D eigenvalue weighted by atomic mass is 9.97. The van der Waals surface area contributed by atoms with Gasteiger partial charge in [0.05, 0.1) is 5.92 Å². The highest BCUT2D eigenvalue weighted by Gasteiger charge is 2.27. The van der Waals surface area contributed by atoms with E-state index >= 15 is 0 Å². The van der Waals surface area contributed by atoms with Crippen molar-refractivity contribution in [3.05, 3.63) is 29.3 Å². The zero-order valence-electron chi connectivity index (χ0n) is 15.2. The van der Waals surface area contributed by atoms with Gasteiger partial charge in [-0.3, -0.25) is 4.79 Å². The van der Waals surface area contributed by atoms with Crippen molar-refractivity contribution in [3.63, 3.8) is 0 Å². The second-order valence-electron chi connectivity index (χ2n) is 7.17. The Hall–Kier alpha value is -1.62. The van der Waals surface area contributed by atoms with Gasteiger partial charge in [-0.25, -0.2) is 0 Å². The summed E-state index contributed by atoms with van der Waals surface area (Å²) in [6.45, 7) is 10.7. The normalized spacial score (nSPS) is 17.7. The molecule has 2 N–H and O–H groups in total. The monoisotopic (exact) mass is 347 g/mol. The molecule has 0 aromatic heterocycles. The maximum Gasteiger partial charge on any atom is 0.224 e. The van der Waals surface area contributed by atoms with E-state index in [-0.39, 0.29) is 11.8 Å². The summed E-state index contributed by atoms with van der Waals surface area (Å²) in [6, 6.07) is 6.30. The Morgan fingerprint density at radius 1 is 1.38 bits per heavy atom. The number of hydrogen-bond acceptors (Lipinski definition) is 2. The Morgan fingerprint density at radius 2 is 2.12 bits per heavy atom. The molecule has 1 aromatic carbocycles. The van der Waals surface area contributed by atoms with Gasteiger partial charge in [0.25, 0.3) is 0 Å². The fourth-order valence-electron chi connectivity index (χ4n) is 2.89. The minimum absolute atomic E-state index is 0.0239. The number of anilines is 1. The van der Waals surface area contributed by atoms with E-state index in [1.165, 1.54) is 11.1 Å². The number of amides is 1.